The van der Waals surface area contributed by atoms with Crippen molar-refractivity contribution in [1.29, 1.82) is 0 Å². The zero-order valence-corrected chi connectivity index (χ0v) is 50.9. The van der Waals surface area contributed by atoms with Crippen LogP contribution < -0.4 is 0 Å². The molecular formula is C68H109O11P. The van der Waals surface area contributed by atoms with E-state index in [0.29, 0.717) is 19.3 Å². The number of rotatable bonds is 55. The Kier molecular flexibility index (Phi) is 56.9. The molecule has 0 amide bonds. The van der Waals surface area contributed by atoms with E-state index in [1.54, 1.807) is 0 Å². The topological polar surface area (TPSA) is 155 Å². The van der Waals surface area contributed by atoms with E-state index in [1.165, 1.54) is 0 Å². The number of ether oxygens (including phenoxy) is 3. The Hall–Kier alpha value is -4.64. The lowest BCUT2D eigenvalue weighted by Gasteiger charge is -2.21. The van der Waals surface area contributed by atoms with Gasteiger partial charge in [0.1, 0.15) is 12.7 Å². The molecule has 11 nitrogen and oxygen atoms in total. The minimum Gasteiger partial charge on any atom is -0.462 e. The van der Waals surface area contributed by atoms with Crippen molar-refractivity contribution in [1.82, 2.24) is 0 Å². The molecule has 0 aliphatic carbocycles. The Balaban J connectivity index is 4.84. The van der Waals surface area contributed by atoms with Crippen molar-refractivity contribution in [3.63, 3.8) is 0 Å². The van der Waals surface area contributed by atoms with Gasteiger partial charge in [0, 0.05) is 19.3 Å². The lowest BCUT2D eigenvalue weighted by Crippen LogP contribution is -2.30. The van der Waals surface area contributed by atoms with Gasteiger partial charge in [0.2, 0.25) is 0 Å². The number of esters is 3. The number of phosphoric acid groups is 1. The number of allylic oxidation sites excluding steroid dienone is 24. The highest BCUT2D eigenvalue weighted by molar-refractivity contribution is 7.47. The van der Waals surface area contributed by atoms with Gasteiger partial charge in [-0.2, -0.15) is 0 Å². The van der Waals surface area contributed by atoms with Crippen molar-refractivity contribution in [2.24, 2.45) is 0 Å². The van der Waals surface area contributed by atoms with E-state index in [1.807, 2.05) is 0 Å². The summed E-state index contributed by atoms with van der Waals surface area (Å²) in [5, 5.41) is 9.84. The second kappa shape index (κ2) is 60.5. The van der Waals surface area contributed by atoms with Gasteiger partial charge in [0.15, 0.2) is 6.10 Å². The lowest BCUT2D eigenvalue weighted by molar-refractivity contribution is -0.161. The molecule has 0 saturated carbocycles. The fraction of sp³-hybridized carbons (Fsp3) is 0.603. The molecule has 12 heteroatoms. The average molecular weight is 1130 g/mol. The minimum absolute atomic E-state index is 0.134. The van der Waals surface area contributed by atoms with Gasteiger partial charge in [-0.25, -0.2) is 4.57 Å². The number of carbonyl (C=O) groups excluding carboxylic acids is 3. The molecule has 0 saturated heterocycles. The number of phosphoric ester groups is 1. The summed E-state index contributed by atoms with van der Waals surface area (Å²) in [6.07, 6.45) is 78.0. The molecular weight excluding hydrogens is 1020 g/mol. The molecule has 0 rings (SSSR count). The predicted molar refractivity (Wildman–Crippen MR) is 334 cm³/mol. The lowest BCUT2D eigenvalue weighted by atomic mass is 10.1. The van der Waals surface area contributed by atoms with Gasteiger partial charge in [-0.3, -0.25) is 23.4 Å². The van der Waals surface area contributed by atoms with E-state index < -0.39 is 57.8 Å². The highest BCUT2D eigenvalue weighted by atomic mass is 31.2. The van der Waals surface area contributed by atoms with E-state index in [2.05, 4.69) is 167 Å². The number of carbonyl (C=O) groups is 3. The maximum absolute atomic E-state index is 12.9. The highest BCUT2D eigenvalue weighted by Crippen LogP contribution is 2.43. The largest absolute Gasteiger partial charge is 0.472 e. The molecule has 0 heterocycles. The SMILES string of the molecule is CC/C=C\C/C=C\C/C=C\C/C=C\C/C=C\CCCCCC(=O)OCC(COP(=O)(O)OCC(CO)OC(=O)CCCCCCC/C=C\C/C=C\C/C=C\CC)OC(=O)CCCCCCCC/C=C\C/C=C\C/C=C\C/C=C\CC. The molecule has 2 N–H and O–H groups in total. The smallest absolute Gasteiger partial charge is 0.462 e. The summed E-state index contributed by atoms with van der Waals surface area (Å²) in [6, 6.07) is 0. The van der Waals surface area contributed by atoms with Gasteiger partial charge < -0.3 is 24.2 Å². The molecule has 0 aromatic rings. The predicted octanol–water partition coefficient (Wildman–Crippen LogP) is 18.7. The van der Waals surface area contributed by atoms with Crippen LogP contribution in [0.5, 0.6) is 0 Å². The zero-order chi connectivity index (χ0) is 58.3. The Bertz CT molecular complexity index is 1900. The molecule has 0 bridgehead atoms. The number of aliphatic hydroxyl groups is 1. The summed E-state index contributed by atoms with van der Waals surface area (Å²) in [4.78, 5) is 48.7. The van der Waals surface area contributed by atoms with Crippen LogP contribution in [0.3, 0.4) is 0 Å². The van der Waals surface area contributed by atoms with Crippen LogP contribution in [0.15, 0.2) is 146 Å². The molecule has 0 aliphatic heterocycles. The molecule has 0 spiro atoms. The quantitative estimate of drug-likeness (QED) is 0.0197. The fourth-order valence-electron chi connectivity index (χ4n) is 7.68. The highest BCUT2D eigenvalue weighted by Gasteiger charge is 2.28. The second-order valence-electron chi connectivity index (χ2n) is 19.7. The first-order chi connectivity index (χ1) is 39.2. The van der Waals surface area contributed by atoms with E-state index >= 15 is 0 Å². The summed E-state index contributed by atoms with van der Waals surface area (Å²) in [6.45, 7) is 4.22. The van der Waals surface area contributed by atoms with Crippen LogP contribution in [-0.4, -0.2) is 66.5 Å². The van der Waals surface area contributed by atoms with E-state index in [9.17, 15) is 28.9 Å². The Morgan fingerprint density at radius 2 is 0.613 bits per heavy atom. The average Bonchev–Trinajstić information content (AvgIpc) is 3.45. The first kappa shape index (κ1) is 75.4. The molecule has 3 unspecified atom stereocenters. The first-order valence-electron chi connectivity index (χ1n) is 30.7. The van der Waals surface area contributed by atoms with Crippen LogP contribution in [0.25, 0.3) is 0 Å². The van der Waals surface area contributed by atoms with Gasteiger partial charge in [0.05, 0.1) is 19.8 Å². The van der Waals surface area contributed by atoms with Crippen molar-refractivity contribution >= 4 is 25.7 Å². The van der Waals surface area contributed by atoms with Crippen LogP contribution in [0.1, 0.15) is 226 Å². The van der Waals surface area contributed by atoms with Crippen LogP contribution in [0, 0.1) is 0 Å². The Morgan fingerprint density at radius 1 is 0.350 bits per heavy atom. The molecule has 0 fully saturated rings. The van der Waals surface area contributed by atoms with Crippen LogP contribution >= 0.6 is 7.82 Å². The van der Waals surface area contributed by atoms with Gasteiger partial charge in [-0.1, -0.05) is 218 Å². The van der Waals surface area contributed by atoms with Gasteiger partial charge in [-0.15, -0.1) is 0 Å². The summed E-state index contributed by atoms with van der Waals surface area (Å²) in [5.74, 6) is -1.55. The molecule has 0 aromatic carbocycles. The van der Waals surface area contributed by atoms with Crippen molar-refractivity contribution in [3.05, 3.63) is 146 Å². The third-order valence-electron chi connectivity index (χ3n) is 12.2. The fourth-order valence-corrected chi connectivity index (χ4v) is 8.47. The molecule has 452 valence electrons. The maximum Gasteiger partial charge on any atom is 0.472 e. The second-order valence-corrected chi connectivity index (χ2v) is 21.2. The summed E-state index contributed by atoms with van der Waals surface area (Å²) in [7, 11) is -4.78. The van der Waals surface area contributed by atoms with Crippen molar-refractivity contribution in [3.8, 4) is 0 Å². The van der Waals surface area contributed by atoms with Gasteiger partial charge >= 0.3 is 25.7 Å². The standard InChI is InChI=1S/C68H109O11P/c1-4-7-10-13-16-19-22-25-28-30-32-34-37-39-42-45-48-51-54-57-66(70)75-61-65(79-68(72)59-56-53-50-47-44-41-38-35-33-31-29-26-23-20-17-14-11-8-5-2)63-77-80(73,74)76-62-64(60-69)78-67(71)58-55-52-49-46-43-40-36-27-24-21-18-15-12-9-6-3/h7-12,16-21,25-29,32-36,39,42,64-65,69H,4-6,13-15,22-24,30-31,37-38,40-41,43-63H2,1-3H3,(H,73,74)/b10-7-,11-8-,12-9-,19-16-,20-17-,21-18-,28-25-,29-26-,34-32-,35-33-,36-27-,42-39-. The monoisotopic (exact) mass is 1130 g/mol. The molecule has 0 aromatic heterocycles. The van der Waals surface area contributed by atoms with E-state index in [0.717, 1.165) is 167 Å². The van der Waals surface area contributed by atoms with E-state index in [-0.39, 0.29) is 25.9 Å². The Morgan fingerprint density at radius 3 is 0.950 bits per heavy atom. The first-order valence-corrected chi connectivity index (χ1v) is 32.2. The number of hydrogen-bond acceptors (Lipinski definition) is 10. The third-order valence-corrected chi connectivity index (χ3v) is 13.2. The van der Waals surface area contributed by atoms with Crippen molar-refractivity contribution in [2.45, 2.75) is 238 Å². The molecule has 3 atom stereocenters. The minimum atomic E-state index is -4.78. The molecule has 0 aliphatic rings. The van der Waals surface area contributed by atoms with Crippen molar-refractivity contribution in [2.75, 3.05) is 26.4 Å². The zero-order valence-electron chi connectivity index (χ0n) is 50.0. The summed E-state index contributed by atoms with van der Waals surface area (Å²) < 4.78 is 39.6. The van der Waals surface area contributed by atoms with Crippen LogP contribution in [0.4, 0.5) is 0 Å². The number of hydrogen-bond donors (Lipinski definition) is 2. The molecule has 80 heavy (non-hydrogen) atoms. The number of aliphatic hydroxyl groups excluding tert-OH is 1. The van der Waals surface area contributed by atoms with Crippen molar-refractivity contribution < 1.29 is 52.2 Å². The summed E-state index contributed by atoms with van der Waals surface area (Å²) in [5.41, 5.74) is 0. The van der Waals surface area contributed by atoms with Gasteiger partial charge in [-0.05, 0) is 135 Å². The van der Waals surface area contributed by atoms with Gasteiger partial charge in [0.25, 0.3) is 0 Å². The third kappa shape index (κ3) is 58.0. The number of unbranched alkanes of at least 4 members (excludes halogenated alkanes) is 14. The Labute approximate surface area is 486 Å². The van der Waals surface area contributed by atoms with E-state index in [4.69, 9.17) is 23.3 Å². The molecule has 0 radical (unpaired) electrons. The normalized spacial score (nSPS) is 14.3. The maximum atomic E-state index is 12.9. The van der Waals surface area contributed by atoms with Crippen LogP contribution in [-0.2, 0) is 42.2 Å². The van der Waals surface area contributed by atoms with Crippen LogP contribution in [0.2, 0.25) is 0 Å². The summed E-state index contributed by atoms with van der Waals surface area (Å²) >= 11 is 0.